The van der Waals surface area contributed by atoms with E-state index in [1.165, 1.54) is 0 Å². The predicted molar refractivity (Wildman–Crippen MR) is 67.2 cm³/mol. The van der Waals surface area contributed by atoms with Gasteiger partial charge in [-0.15, -0.1) is 0 Å². The maximum atomic E-state index is 12.2. The molecule has 1 aliphatic rings. The van der Waals surface area contributed by atoms with Crippen molar-refractivity contribution in [3.63, 3.8) is 0 Å². The Morgan fingerprint density at radius 2 is 2.05 bits per heavy atom. The third-order valence-corrected chi connectivity index (χ3v) is 3.47. The minimum Gasteiger partial charge on any atom is -0.493 e. The number of fused-ring (bicyclic) bond motifs is 1. The molecule has 1 heterocycles. The number of para-hydroxylation sites is 1. The van der Waals surface area contributed by atoms with Crippen molar-refractivity contribution in [1.29, 1.82) is 0 Å². The highest BCUT2D eigenvalue weighted by Gasteiger charge is 2.29. The average Bonchev–Trinajstić information content (AvgIpc) is 2.36. The van der Waals surface area contributed by atoms with E-state index in [4.69, 9.17) is 10.5 Å². The molecule has 0 radical (unpaired) electrons. The van der Waals surface area contributed by atoms with E-state index in [1.54, 1.807) is 0 Å². The molecule has 0 saturated heterocycles. The molecule has 0 aromatic heterocycles. The minimum atomic E-state index is -4.12. The Labute approximate surface area is 110 Å². The lowest BCUT2D eigenvalue weighted by Gasteiger charge is -2.28. The number of halogens is 3. The number of benzene rings is 1. The molecule has 1 aromatic rings. The second-order valence-corrected chi connectivity index (χ2v) is 5.02. The van der Waals surface area contributed by atoms with Crippen molar-refractivity contribution >= 4 is 0 Å². The number of ether oxygens (including phenoxy) is 1. The van der Waals surface area contributed by atoms with E-state index in [0.717, 1.165) is 17.7 Å². The first-order valence-corrected chi connectivity index (χ1v) is 6.50. The van der Waals surface area contributed by atoms with Crippen LogP contribution in [0.5, 0.6) is 5.75 Å². The van der Waals surface area contributed by atoms with Crippen molar-refractivity contribution in [1.82, 2.24) is 0 Å². The van der Waals surface area contributed by atoms with Crippen LogP contribution in [0.1, 0.15) is 37.2 Å². The molecule has 2 N–H and O–H groups in total. The van der Waals surface area contributed by atoms with Crippen molar-refractivity contribution in [2.24, 2.45) is 5.73 Å². The Morgan fingerprint density at radius 1 is 1.32 bits per heavy atom. The quantitative estimate of drug-likeness (QED) is 0.909. The van der Waals surface area contributed by atoms with Gasteiger partial charge >= 0.3 is 6.18 Å². The van der Waals surface area contributed by atoms with Crippen LogP contribution in [0.4, 0.5) is 13.2 Å². The van der Waals surface area contributed by atoms with Gasteiger partial charge in [0.1, 0.15) is 5.75 Å². The Hall–Kier alpha value is -1.23. The second kappa shape index (κ2) is 5.82. The zero-order chi connectivity index (χ0) is 13.9. The van der Waals surface area contributed by atoms with Gasteiger partial charge in [0.2, 0.25) is 0 Å². The summed E-state index contributed by atoms with van der Waals surface area (Å²) in [5, 5.41) is 0. The lowest BCUT2D eigenvalue weighted by atomic mass is 9.86. The van der Waals surface area contributed by atoms with Crippen molar-refractivity contribution < 1.29 is 17.9 Å². The lowest BCUT2D eigenvalue weighted by Crippen LogP contribution is -2.27. The molecule has 0 bridgehead atoms. The summed E-state index contributed by atoms with van der Waals surface area (Å²) in [5.74, 6) is 1.04. The van der Waals surface area contributed by atoms with E-state index in [1.807, 2.05) is 24.3 Å². The first-order valence-electron chi connectivity index (χ1n) is 6.50. The first kappa shape index (κ1) is 14.2. The van der Waals surface area contributed by atoms with Crippen LogP contribution in [0, 0.1) is 0 Å². The van der Waals surface area contributed by atoms with Crippen LogP contribution in [0.3, 0.4) is 0 Å². The first-order chi connectivity index (χ1) is 8.96. The number of nitrogens with two attached hydrogens (primary N) is 1. The summed E-state index contributed by atoms with van der Waals surface area (Å²) in [6.45, 7) is 0.605. The molecule has 1 aliphatic heterocycles. The van der Waals surface area contributed by atoms with Crippen molar-refractivity contribution in [2.45, 2.75) is 43.8 Å². The summed E-state index contributed by atoms with van der Waals surface area (Å²) in [6, 6.07) is 7.25. The number of alkyl halides is 3. The fourth-order valence-electron chi connectivity index (χ4n) is 2.49. The van der Waals surface area contributed by atoms with Gasteiger partial charge in [0.05, 0.1) is 6.61 Å². The van der Waals surface area contributed by atoms with E-state index < -0.39 is 18.6 Å². The molecule has 2 unspecified atom stereocenters. The van der Waals surface area contributed by atoms with Crippen LogP contribution in [-0.4, -0.2) is 18.8 Å². The third-order valence-electron chi connectivity index (χ3n) is 3.47. The molecule has 0 amide bonds. The molecule has 106 valence electrons. The average molecular weight is 273 g/mol. The normalized spacial score (nSPS) is 20.5. The third kappa shape index (κ3) is 4.13. The summed E-state index contributed by atoms with van der Waals surface area (Å²) in [5.41, 5.74) is 6.89. The Bertz CT molecular complexity index is 419. The zero-order valence-corrected chi connectivity index (χ0v) is 10.6. The highest BCUT2D eigenvalue weighted by molar-refractivity contribution is 5.37. The van der Waals surface area contributed by atoms with E-state index in [2.05, 4.69) is 0 Å². The fourth-order valence-corrected chi connectivity index (χ4v) is 2.49. The van der Waals surface area contributed by atoms with Crippen molar-refractivity contribution in [2.75, 3.05) is 6.61 Å². The standard InChI is InChI=1S/C14H18F3NO/c15-14(16,17)7-5-11(18)9-10-6-8-19-13-4-2-1-3-12(10)13/h1-4,10-11H,5-9,18H2. The van der Waals surface area contributed by atoms with Gasteiger partial charge in [-0.1, -0.05) is 18.2 Å². The summed E-state index contributed by atoms with van der Waals surface area (Å²) in [6.07, 6.45) is -3.54. The van der Waals surface area contributed by atoms with Gasteiger partial charge in [0.15, 0.2) is 0 Å². The van der Waals surface area contributed by atoms with Gasteiger partial charge in [0.25, 0.3) is 0 Å². The molecule has 2 atom stereocenters. The Kier molecular flexibility index (Phi) is 4.34. The largest absolute Gasteiger partial charge is 0.493 e. The molecule has 0 fully saturated rings. The topological polar surface area (TPSA) is 35.2 Å². The predicted octanol–water partition coefficient (Wildman–Crippen LogP) is 3.61. The van der Waals surface area contributed by atoms with Gasteiger partial charge in [-0.2, -0.15) is 13.2 Å². The second-order valence-electron chi connectivity index (χ2n) is 5.02. The molecule has 2 nitrogen and oxygen atoms in total. The molecule has 0 aliphatic carbocycles. The Balaban J connectivity index is 1.93. The maximum Gasteiger partial charge on any atom is 0.389 e. The van der Waals surface area contributed by atoms with E-state index in [0.29, 0.717) is 13.0 Å². The highest BCUT2D eigenvalue weighted by Crippen LogP contribution is 2.36. The molecular formula is C14H18F3NO. The van der Waals surface area contributed by atoms with Crippen LogP contribution in [0.2, 0.25) is 0 Å². The summed E-state index contributed by atoms with van der Waals surface area (Å²) >= 11 is 0. The van der Waals surface area contributed by atoms with Gasteiger partial charge in [-0.25, -0.2) is 0 Å². The smallest absolute Gasteiger partial charge is 0.389 e. The summed E-state index contributed by atoms with van der Waals surface area (Å²) in [4.78, 5) is 0. The zero-order valence-electron chi connectivity index (χ0n) is 10.6. The van der Waals surface area contributed by atoms with Crippen LogP contribution >= 0.6 is 0 Å². The van der Waals surface area contributed by atoms with Gasteiger partial charge in [-0.05, 0) is 36.8 Å². The molecule has 0 spiro atoms. The molecular weight excluding hydrogens is 255 g/mol. The maximum absolute atomic E-state index is 12.2. The number of hydrogen-bond donors (Lipinski definition) is 1. The molecule has 1 aromatic carbocycles. The van der Waals surface area contributed by atoms with Gasteiger partial charge < -0.3 is 10.5 Å². The molecule has 2 rings (SSSR count). The van der Waals surface area contributed by atoms with Crippen LogP contribution < -0.4 is 10.5 Å². The number of hydrogen-bond acceptors (Lipinski definition) is 2. The summed E-state index contributed by atoms with van der Waals surface area (Å²) in [7, 11) is 0. The van der Waals surface area contributed by atoms with Crippen LogP contribution in [0.15, 0.2) is 24.3 Å². The molecule has 0 saturated carbocycles. The highest BCUT2D eigenvalue weighted by atomic mass is 19.4. The van der Waals surface area contributed by atoms with E-state index >= 15 is 0 Å². The summed E-state index contributed by atoms with van der Waals surface area (Å²) < 4.78 is 42.0. The Morgan fingerprint density at radius 3 is 2.79 bits per heavy atom. The van der Waals surface area contributed by atoms with Gasteiger partial charge in [0, 0.05) is 12.5 Å². The van der Waals surface area contributed by atoms with Gasteiger partial charge in [-0.3, -0.25) is 0 Å². The van der Waals surface area contributed by atoms with Crippen molar-refractivity contribution in [3.05, 3.63) is 29.8 Å². The molecule has 19 heavy (non-hydrogen) atoms. The molecule has 5 heteroatoms. The van der Waals surface area contributed by atoms with E-state index in [9.17, 15) is 13.2 Å². The minimum absolute atomic E-state index is 0.0109. The van der Waals surface area contributed by atoms with Crippen LogP contribution in [-0.2, 0) is 0 Å². The fraction of sp³-hybridized carbons (Fsp3) is 0.571. The van der Waals surface area contributed by atoms with Crippen molar-refractivity contribution in [3.8, 4) is 5.75 Å². The SMILES string of the molecule is NC(CCC(F)(F)F)CC1CCOc2ccccc21. The van der Waals surface area contributed by atoms with Crippen LogP contribution in [0.25, 0.3) is 0 Å². The number of rotatable bonds is 4. The lowest BCUT2D eigenvalue weighted by molar-refractivity contribution is -0.136. The van der Waals surface area contributed by atoms with E-state index in [-0.39, 0.29) is 12.3 Å². The monoisotopic (exact) mass is 273 g/mol.